The van der Waals surface area contributed by atoms with E-state index >= 15 is 0 Å². The zero-order valence-corrected chi connectivity index (χ0v) is 16.0. The molecule has 0 radical (unpaired) electrons. The Morgan fingerprint density at radius 1 is 1.23 bits per heavy atom. The van der Waals surface area contributed by atoms with Crippen LogP contribution in [0, 0.1) is 0 Å². The smallest absolute Gasteiger partial charge is 0.257 e. The van der Waals surface area contributed by atoms with Gasteiger partial charge in [-0.1, -0.05) is 29.8 Å². The molecule has 0 saturated carbocycles. The number of carbonyl (C=O) groups excluding carboxylic acids is 1. The summed E-state index contributed by atoms with van der Waals surface area (Å²) >= 11 is 6.03. The lowest BCUT2D eigenvalue weighted by Crippen LogP contribution is -2.39. The molecule has 3 rings (SSSR count). The van der Waals surface area contributed by atoms with Gasteiger partial charge in [0.2, 0.25) is 0 Å². The molecule has 1 aliphatic heterocycles. The summed E-state index contributed by atoms with van der Waals surface area (Å²) in [5.74, 6) is 0.0807. The Kier molecular flexibility index (Phi) is 5.53. The van der Waals surface area contributed by atoms with Crippen LogP contribution in [0.15, 0.2) is 53.4 Å². The standard InChI is InChI=1S/C19H20ClNO4S/c1-25-18-10-9-14(20)12-17(18)19(22)21-11-5-6-15(21)13-26(23,24)16-7-3-2-4-8-16/h2-4,7-10,12,15H,5-6,11,13H2,1H3/t15-/m1/s1. The molecule has 1 heterocycles. The number of benzene rings is 2. The van der Waals surface area contributed by atoms with Gasteiger partial charge in [-0.3, -0.25) is 4.79 Å². The van der Waals surface area contributed by atoms with E-state index in [1.54, 1.807) is 53.4 Å². The van der Waals surface area contributed by atoms with Crippen molar-refractivity contribution in [2.75, 3.05) is 19.4 Å². The minimum atomic E-state index is -3.47. The summed E-state index contributed by atoms with van der Waals surface area (Å²) in [6.45, 7) is 0.517. The van der Waals surface area contributed by atoms with Crippen LogP contribution < -0.4 is 4.74 Å². The first-order valence-corrected chi connectivity index (χ1v) is 10.4. The number of carbonyl (C=O) groups is 1. The lowest BCUT2D eigenvalue weighted by molar-refractivity contribution is 0.0746. The van der Waals surface area contributed by atoms with Crippen LogP contribution in [0.5, 0.6) is 5.75 Å². The number of rotatable bonds is 5. The number of hydrogen-bond acceptors (Lipinski definition) is 4. The summed E-state index contributed by atoms with van der Waals surface area (Å²) in [5.41, 5.74) is 0.351. The third-order valence-corrected chi connectivity index (χ3v) is 6.59. The zero-order valence-electron chi connectivity index (χ0n) is 14.4. The van der Waals surface area contributed by atoms with Crippen molar-refractivity contribution in [3.8, 4) is 5.75 Å². The van der Waals surface area contributed by atoms with Gasteiger partial charge in [-0.25, -0.2) is 8.42 Å². The Balaban J connectivity index is 1.85. The van der Waals surface area contributed by atoms with Crippen molar-refractivity contribution >= 4 is 27.3 Å². The molecule has 1 atom stereocenters. The summed E-state index contributed by atoms with van der Waals surface area (Å²) in [6.07, 6.45) is 1.42. The summed E-state index contributed by atoms with van der Waals surface area (Å²) in [5, 5.41) is 0.432. The van der Waals surface area contributed by atoms with Crippen molar-refractivity contribution in [1.29, 1.82) is 0 Å². The molecular formula is C19H20ClNO4S. The van der Waals surface area contributed by atoms with Gasteiger partial charge in [-0.2, -0.15) is 0 Å². The fraction of sp³-hybridized carbons (Fsp3) is 0.316. The van der Waals surface area contributed by atoms with Crippen LogP contribution in [0.4, 0.5) is 0 Å². The van der Waals surface area contributed by atoms with Gasteiger partial charge in [0.15, 0.2) is 9.84 Å². The van der Waals surface area contributed by atoms with E-state index in [1.165, 1.54) is 7.11 Å². The molecule has 2 aromatic carbocycles. The first kappa shape index (κ1) is 18.7. The molecule has 0 aromatic heterocycles. The molecule has 5 nitrogen and oxygen atoms in total. The molecule has 1 aliphatic rings. The topological polar surface area (TPSA) is 63.7 Å². The van der Waals surface area contributed by atoms with Gasteiger partial charge in [0, 0.05) is 17.6 Å². The molecule has 1 saturated heterocycles. The van der Waals surface area contributed by atoms with Crippen LogP contribution in [0.2, 0.25) is 5.02 Å². The number of amides is 1. The molecule has 26 heavy (non-hydrogen) atoms. The SMILES string of the molecule is COc1ccc(Cl)cc1C(=O)N1CCC[C@@H]1CS(=O)(=O)c1ccccc1. The third-order valence-electron chi connectivity index (χ3n) is 4.54. The quantitative estimate of drug-likeness (QED) is 0.780. The number of nitrogens with zero attached hydrogens (tertiary/aromatic N) is 1. The minimum Gasteiger partial charge on any atom is -0.496 e. The first-order chi connectivity index (χ1) is 12.4. The summed E-state index contributed by atoms with van der Waals surface area (Å²) in [4.78, 5) is 14.9. The molecule has 1 fully saturated rings. The Morgan fingerprint density at radius 3 is 2.65 bits per heavy atom. The molecule has 0 aliphatic carbocycles. The number of sulfone groups is 1. The van der Waals surface area contributed by atoms with Crippen LogP contribution in [0.1, 0.15) is 23.2 Å². The summed E-state index contributed by atoms with van der Waals surface area (Å²) in [7, 11) is -1.98. The molecule has 138 valence electrons. The molecule has 0 unspecified atom stereocenters. The van der Waals surface area contributed by atoms with Crippen molar-refractivity contribution < 1.29 is 17.9 Å². The maximum atomic E-state index is 13.0. The van der Waals surface area contributed by atoms with E-state index in [4.69, 9.17) is 16.3 Å². The van der Waals surface area contributed by atoms with Crippen molar-refractivity contribution in [3.05, 3.63) is 59.1 Å². The number of hydrogen-bond donors (Lipinski definition) is 0. The lowest BCUT2D eigenvalue weighted by atomic mass is 10.1. The predicted octanol–water partition coefficient (Wildman–Crippen LogP) is 3.43. The monoisotopic (exact) mass is 393 g/mol. The molecule has 0 bridgehead atoms. The van der Waals surface area contributed by atoms with E-state index in [1.807, 2.05) is 0 Å². The second-order valence-electron chi connectivity index (χ2n) is 6.23. The highest BCUT2D eigenvalue weighted by Crippen LogP contribution is 2.29. The van der Waals surface area contributed by atoms with Crippen LogP contribution in [0.25, 0.3) is 0 Å². The van der Waals surface area contributed by atoms with Crippen molar-refractivity contribution in [1.82, 2.24) is 4.90 Å². The maximum absolute atomic E-state index is 13.0. The highest BCUT2D eigenvalue weighted by molar-refractivity contribution is 7.91. The van der Waals surface area contributed by atoms with Gasteiger partial charge >= 0.3 is 0 Å². The molecule has 2 aromatic rings. The average Bonchev–Trinajstić information content (AvgIpc) is 3.09. The van der Waals surface area contributed by atoms with E-state index in [0.29, 0.717) is 29.3 Å². The maximum Gasteiger partial charge on any atom is 0.257 e. The second-order valence-corrected chi connectivity index (χ2v) is 8.70. The molecular weight excluding hydrogens is 374 g/mol. The van der Waals surface area contributed by atoms with Gasteiger partial charge < -0.3 is 9.64 Å². The average molecular weight is 394 g/mol. The largest absolute Gasteiger partial charge is 0.496 e. The highest BCUT2D eigenvalue weighted by atomic mass is 35.5. The summed E-state index contributed by atoms with van der Waals surface area (Å²) in [6, 6.07) is 12.8. The third kappa shape index (κ3) is 3.86. The van der Waals surface area contributed by atoms with E-state index < -0.39 is 9.84 Å². The minimum absolute atomic E-state index is 0.0916. The Morgan fingerprint density at radius 2 is 1.96 bits per heavy atom. The van der Waals surface area contributed by atoms with Gasteiger partial charge in [0.1, 0.15) is 5.75 Å². The molecule has 0 N–H and O–H groups in total. The van der Waals surface area contributed by atoms with E-state index in [2.05, 4.69) is 0 Å². The van der Waals surface area contributed by atoms with Crippen molar-refractivity contribution in [2.45, 2.75) is 23.8 Å². The second kappa shape index (κ2) is 7.68. The molecule has 1 amide bonds. The number of likely N-dealkylation sites (tertiary alicyclic amines) is 1. The number of halogens is 1. The summed E-state index contributed by atoms with van der Waals surface area (Å²) < 4.78 is 30.6. The molecule has 0 spiro atoms. The fourth-order valence-corrected chi connectivity index (χ4v) is 5.05. The van der Waals surface area contributed by atoms with Gasteiger partial charge in [-0.15, -0.1) is 0 Å². The zero-order chi connectivity index (χ0) is 18.7. The molecule has 7 heteroatoms. The highest BCUT2D eigenvalue weighted by Gasteiger charge is 2.34. The fourth-order valence-electron chi connectivity index (χ4n) is 3.26. The van der Waals surface area contributed by atoms with Crippen LogP contribution >= 0.6 is 11.6 Å². The van der Waals surface area contributed by atoms with Crippen LogP contribution in [-0.4, -0.2) is 44.7 Å². The van der Waals surface area contributed by atoms with E-state index in [0.717, 1.165) is 6.42 Å². The predicted molar refractivity (Wildman–Crippen MR) is 101 cm³/mol. The van der Waals surface area contributed by atoms with Crippen molar-refractivity contribution in [3.63, 3.8) is 0 Å². The van der Waals surface area contributed by atoms with E-state index in [-0.39, 0.29) is 22.6 Å². The van der Waals surface area contributed by atoms with Gasteiger partial charge in [-0.05, 0) is 43.2 Å². The Labute approximate surface area is 158 Å². The van der Waals surface area contributed by atoms with Crippen LogP contribution in [-0.2, 0) is 9.84 Å². The van der Waals surface area contributed by atoms with Gasteiger partial charge in [0.05, 0.1) is 23.3 Å². The van der Waals surface area contributed by atoms with Crippen molar-refractivity contribution in [2.24, 2.45) is 0 Å². The lowest BCUT2D eigenvalue weighted by Gasteiger charge is -2.25. The Hall–Kier alpha value is -2.05. The number of methoxy groups -OCH3 is 1. The number of ether oxygens (including phenoxy) is 1. The first-order valence-electron chi connectivity index (χ1n) is 8.34. The Bertz CT molecular complexity index is 899. The van der Waals surface area contributed by atoms with E-state index in [9.17, 15) is 13.2 Å². The normalized spacial score (nSPS) is 17.3. The van der Waals surface area contributed by atoms with Crippen LogP contribution in [0.3, 0.4) is 0 Å². The van der Waals surface area contributed by atoms with Gasteiger partial charge in [0.25, 0.3) is 5.91 Å².